The van der Waals surface area contributed by atoms with Gasteiger partial charge in [0.15, 0.2) is 11.6 Å². The number of rotatable bonds is 5. The molecule has 0 spiro atoms. The predicted octanol–water partition coefficient (Wildman–Crippen LogP) is 2.06. The molecule has 1 rings (SSSR count). The van der Waals surface area contributed by atoms with Crippen molar-refractivity contribution in [1.29, 1.82) is 0 Å². The van der Waals surface area contributed by atoms with Crippen LogP contribution < -0.4 is 10.2 Å². The van der Waals surface area contributed by atoms with E-state index >= 15 is 0 Å². The van der Waals surface area contributed by atoms with Gasteiger partial charge in [-0.15, -0.1) is 0 Å². The number of amides is 2. The molecule has 0 fully saturated rings. The Labute approximate surface area is 115 Å². The Morgan fingerprint density at radius 2 is 2.00 bits per heavy atom. The number of hydrogen-bond acceptors (Lipinski definition) is 3. The second kappa shape index (κ2) is 7.42. The summed E-state index contributed by atoms with van der Waals surface area (Å²) < 4.78 is 30.7. The van der Waals surface area contributed by atoms with E-state index in [2.05, 4.69) is 10.1 Å². The number of nitrogens with one attached hydrogen (secondary N) is 1. The number of hydrogen-bond donors (Lipinski definition) is 1. The molecular formula is C13H16F2N2O3. The topological polar surface area (TPSA) is 58.6 Å². The van der Waals surface area contributed by atoms with Crippen molar-refractivity contribution in [2.75, 3.05) is 24.6 Å². The molecule has 2 amide bonds. The van der Waals surface area contributed by atoms with Crippen LogP contribution in [-0.2, 0) is 9.53 Å². The Bertz CT molecular complexity index is 495. The Morgan fingerprint density at radius 1 is 1.30 bits per heavy atom. The third-order valence-electron chi connectivity index (χ3n) is 2.48. The van der Waals surface area contributed by atoms with Gasteiger partial charge in [0.2, 0.25) is 5.91 Å². The molecule has 1 N–H and O–H groups in total. The molecule has 7 heteroatoms. The molecule has 20 heavy (non-hydrogen) atoms. The average Bonchev–Trinajstić information content (AvgIpc) is 2.38. The maximum atomic E-state index is 13.2. The minimum atomic E-state index is -1.04. The summed E-state index contributed by atoms with van der Waals surface area (Å²) in [5.41, 5.74) is 0.224. The van der Waals surface area contributed by atoms with Crippen LogP contribution in [0.4, 0.5) is 19.3 Å². The molecule has 1 aromatic rings. The second-order valence-electron chi connectivity index (χ2n) is 3.92. The fourth-order valence-corrected chi connectivity index (χ4v) is 1.57. The zero-order valence-electron chi connectivity index (χ0n) is 11.3. The van der Waals surface area contributed by atoms with E-state index in [0.717, 1.165) is 12.1 Å². The normalized spacial score (nSPS) is 10.0. The molecule has 0 saturated heterocycles. The average molecular weight is 286 g/mol. The largest absolute Gasteiger partial charge is 0.450 e. The number of benzene rings is 1. The number of halogens is 2. The van der Waals surface area contributed by atoms with Gasteiger partial charge in [0, 0.05) is 31.8 Å². The summed E-state index contributed by atoms with van der Waals surface area (Å²) in [6, 6.07) is 3.17. The lowest BCUT2D eigenvalue weighted by molar-refractivity contribution is -0.116. The lowest BCUT2D eigenvalue weighted by atomic mass is 10.2. The molecule has 0 atom stereocenters. The zero-order chi connectivity index (χ0) is 15.1. The molecule has 5 nitrogen and oxygen atoms in total. The fourth-order valence-electron chi connectivity index (χ4n) is 1.57. The minimum absolute atomic E-state index is 0.124. The monoisotopic (exact) mass is 286 g/mol. The first-order valence-electron chi connectivity index (χ1n) is 6.09. The van der Waals surface area contributed by atoms with Crippen LogP contribution in [-0.4, -0.2) is 31.7 Å². The van der Waals surface area contributed by atoms with E-state index in [4.69, 9.17) is 0 Å². The summed E-state index contributed by atoms with van der Waals surface area (Å²) in [6.07, 6.45) is -0.596. The fraction of sp³-hybridized carbons (Fsp3) is 0.385. The van der Waals surface area contributed by atoms with E-state index in [1.54, 1.807) is 6.92 Å². The maximum absolute atomic E-state index is 13.2. The third-order valence-corrected chi connectivity index (χ3v) is 2.48. The van der Waals surface area contributed by atoms with Crippen LogP contribution in [0.5, 0.6) is 0 Å². The standard InChI is InChI=1S/C13H16F2N2O3/c1-3-20-13(19)16-6-7-17(9(2)18)10-4-5-11(14)12(15)8-10/h4-5,8H,3,6-7H2,1-2H3,(H,16,19). The van der Waals surface area contributed by atoms with Crippen molar-refractivity contribution in [2.24, 2.45) is 0 Å². The van der Waals surface area contributed by atoms with Crippen molar-refractivity contribution < 1.29 is 23.1 Å². The summed E-state index contributed by atoms with van der Waals surface area (Å²) in [7, 11) is 0. The Morgan fingerprint density at radius 3 is 2.55 bits per heavy atom. The van der Waals surface area contributed by atoms with Crippen molar-refractivity contribution >= 4 is 17.7 Å². The number of anilines is 1. The molecule has 0 radical (unpaired) electrons. The first-order chi connectivity index (χ1) is 9.45. The predicted molar refractivity (Wildman–Crippen MR) is 69.4 cm³/mol. The van der Waals surface area contributed by atoms with Gasteiger partial charge >= 0.3 is 6.09 Å². The van der Waals surface area contributed by atoms with Crippen molar-refractivity contribution in [3.63, 3.8) is 0 Å². The molecule has 0 aromatic heterocycles. The molecule has 1 aromatic carbocycles. The number of carbonyl (C=O) groups excluding carboxylic acids is 2. The molecule has 110 valence electrons. The van der Waals surface area contributed by atoms with Gasteiger partial charge < -0.3 is 15.0 Å². The Balaban J connectivity index is 2.67. The van der Waals surface area contributed by atoms with Gasteiger partial charge in [-0.2, -0.15) is 0 Å². The minimum Gasteiger partial charge on any atom is -0.450 e. The van der Waals surface area contributed by atoms with Gasteiger partial charge in [-0.05, 0) is 19.1 Å². The number of alkyl carbamates (subject to hydrolysis) is 1. The highest BCUT2D eigenvalue weighted by Gasteiger charge is 2.14. The third kappa shape index (κ3) is 4.49. The van der Waals surface area contributed by atoms with E-state index in [1.165, 1.54) is 17.9 Å². The van der Waals surface area contributed by atoms with Crippen LogP contribution in [0.15, 0.2) is 18.2 Å². The van der Waals surface area contributed by atoms with E-state index < -0.39 is 17.7 Å². The first-order valence-corrected chi connectivity index (χ1v) is 6.09. The van der Waals surface area contributed by atoms with Gasteiger partial charge in [-0.25, -0.2) is 13.6 Å². The van der Waals surface area contributed by atoms with Crippen molar-refractivity contribution in [2.45, 2.75) is 13.8 Å². The molecule has 0 saturated carbocycles. The van der Waals surface area contributed by atoms with Crippen molar-refractivity contribution in [1.82, 2.24) is 5.32 Å². The maximum Gasteiger partial charge on any atom is 0.407 e. The quantitative estimate of drug-likeness (QED) is 0.901. The number of ether oxygens (including phenoxy) is 1. The summed E-state index contributed by atoms with van der Waals surface area (Å²) >= 11 is 0. The van der Waals surface area contributed by atoms with Crippen LogP contribution in [0.25, 0.3) is 0 Å². The van der Waals surface area contributed by atoms with Crippen LogP contribution in [0.1, 0.15) is 13.8 Å². The molecule has 0 aliphatic heterocycles. The SMILES string of the molecule is CCOC(=O)NCCN(C(C)=O)c1ccc(F)c(F)c1. The lowest BCUT2D eigenvalue weighted by Gasteiger charge is -2.21. The van der Waals surface area contributed by atoms with Crippen molar-refractivity contribution in [3.8, 4) is 0 Å². The zero-order valence-corrected chi connectivity index (χ0v) is 11.3. The van der Waals surface area contributed by atoms with Crippen molar-refractivity contribution in [3.05, 3.63) is 29.8 Å². The highest BCUT2D eigenvalue weighted by atomic mass is 19.2. The summed E-state index contributed by atoms with van der Waals surface area (Å²) in [5, 5.41) is 2.44. The van der Waals surface area contributed by atoms with Crippen LogP contribution in [0.2, 0.25) is 0 Å². The van der Waals surface area contributed by atoms with Crippen LogP contribution >= 0.6 is 0 Å². The lowest BCUT2D eigenvalue weighted by Crippen LogP contribution is -2.37. The number of carbonyl (C=O) groups is 2. The smallest absolute Gasteiger partial charge is 0.407 e. The van der Waals surface area contributed by atoms with Gasteiger partial charge in [0.25, 0.3) is 0 Å². The Hall–Kier alpha value is -2.18. The molecular weight excluding hydrogens is 270 g/mol. The van der Waals surface area contributed by atoms with E-state index in [9.17, 15) is 18.4 Å². The Kier molecular flexibility index (Phi) is 5.89. The van der Waals surface area contributed by atoms with Crippen LogP contribution in [0, 0.1) is 11.6 Å². The number of nitrogens with zero attached hydrogens (tertiary/aromatic N) is 1. The second-order valence-corrected chi connectivity index (χ2v) is 3.92. The van der Waals surface area contributed by atoms with E-state index in [1.807, 2.05) is 0 Å². The van der Waals surface area contributed by atoms with Crippen LogP contribution in [0.3, 0.4) is 0 Å². The first kappa shape index (κ1) is 15.9. The summed E-state index contributed by atoms with van der Waals surface area (Å²) in [6.45, 7) is 3.47. The highest BCUT2D eigenvalue weighted by molar-refractivity contribution is 5.91. The molecule has 0 heterocycles. The van der Waals surface area contributed by atoms with Gasteiger partial charge in [-0.1, -0.05) is 0 Å². The van der Waals surface area contributed by atoms with E-state index in [-0.39, 0.29) is 31.3 Å². The molecule has 0 aliphatic carbocycles. The van der Waals surface area contributed by atoms with E-state index in [0.29, 0.717) is 0 Å². The molecule has 0 aliphatic rings. The molecule has 0 bridgehead atoms. The summed E-state index contributed by atoms with van der Waals surface area (Å²) in [4.78, 5) is 23.8. The van der Waals surface area contributed by atoms with Gasteiger partial charge in [-0.3, -0.25) is 4.79 Å². The summed E-state index contributed by atoms with van der Waals surface area (Å²) in [5.74, 6) is -2.37. The van der Waals surface area contributed by atoms with Gasteiger partial charge in [0.05, 0.1) is 6.61 Å². The molecule has 0 unspecified atom stereocenters. The highest BCUT2D eigenvalue weighted by Crippen LogP contribution is 2.17. The van der Waals surface area contributed by atoms with Gasteiger partial charge in [0.1, 0.15) is 0 Å².